The number of hydrogen-bond acceptors (Lipinski definition) is 1. The molecule has 4 aromatic rings. The van der Waals surface area contributed by atoms with E-state index in [0.29, 0.717) is 13.1 Å². The molecule has 2 aromatic carbocycles. The highest BCUT2D eigenvalue weighted by atomic mass is 16.2. The molecule has 2 aromatic heterocycles. The summed E-state index contributed by atoms with van der Waals surface area (Å²) in [6.45, 7) is 1.22. The van der Waals surface area contributed by atoms with Gasteiger partial charge in [-0.05, 0) is 36.1 Å². The molecule has 0 spiro atoms. The van der Waals surface area contributed by atoms with Crippen LogP contribution in [0, 0.1) is 0 Å². The zero-order chi connectivity index (χ0) is 17.8. The Morgan fingerprint density at radius 2 is 1.19 bits per heavy atom. The minimum atomic E-state index is -0.121. The van der Waals surface area contributed by atoms with Crippen LogP contribution in [0.4, 0.5) is 4.79 Å². The van der Waals surface area contributed by atoms with E-state index in [1.54, 1.807) is 0 Å². The second-order valence-corrected chi connectivity index (χ2v) is 6.40. The molecule has 0 radical (unpaired) electrons. The van der Waals surface area contributed by atoms with Crippen molar-refractivity contribution in [3.8, 4) is 0 Å². The standard InChI is InChI=1S/C21H22N4O/c26-21(22-11-9-15-13-24-19-7-3-1-5-17(15)19)23-12-10-16-14-25-20-8-4-2-6-18(16)20/h1-8,13-14,24-25H,9-12H2,(H2,22,23,26). The summed E-state index contributed by atoms with van der Waals surface area (Å²) in [6, 6.07) is 16.3. The van der Waals surface area contributed by atoms with Crippen LogP contribution < -0.4 is 10.6 Å². The molecule has 26 heavy (non-hydrogen) atoms. The number of aromatic nitrogens is 2. The number of carbonyl (C=O) groups is 1. The molecule has 4 N–H and O–H groups in total. The number of aromatic amines is 2. The number of hydrogen-bond donors (Lipinski definition) is 4. The molecule has 132 valence electrons. The highest BCUT2D eigenvalue weighted by molar-refractivity contribution is 5.84. The van der Waals surface area contributed by atoms with Gasteiger partial charge in [0, 0.05) is 47.3 Å². The number of nitrogens with one attached hydrogen (secondary N) is 4. The first kappa shape index (κ1) is 16.3. The van der Waals surface area contributed by atoms with Crippen molar-refractivity contribution in [2.75, 3.05) is 13.1 Å². The van der Waals surface area contributed by atoms with Crippen LogP contribution in [0.1, 0.15) is 11.1 Å². The first-order valence-corrected chi connectivity index (χ1v) is 8.93. The summed E-state index contributed by atoms with van der Waals surface area (Å²) < 4.78 is 0. The van der Waals surface area contributed by atoms with Crippen molar-refractivity contribution in [1.82, 2.24) is 20.6 Å². The van der Waals surface area contributed by atoms with E-state index < -0.39 is 0 Å². The predicted octanol–water partition coefficient (Wildman–Crippen LogP) is 3.73. The van der Waals surface area contributed by atoms with Crippen molar-refractivity contribution in [3.05, 3.63) is 72.1 Å². The molecule has 0 aliphatic heterocycles. The van der Waals surface area contributed by atoms with Crippen molar-refractivity contribution >= 4 is 27.8 Å². The maximum Gasteiger partial charge on any atom is 0.314 e. The van der Waals surface area contributed by atoms with Gasteiger partial charge in [-0.15, -0.1) is 0 Å². The second-order valence-electron chi connectivity index (χ2n) is 6.40. The van der Waals surface area contributed by atoms with Crippen LogP contribution in [0.15, 0.2) is 60.9 Å². The third kappa shape index (κ3) is 3.42. The van der Waals surface area contributed by atoms with Gasteiger partial charge in [0.15, 0.2) is 0 Å². The van der Waals surface area contributed by atoms with Gasteiger partial charge in [0.2, 0.25) is 0 Å². The Hall–Kier alpha value is -3.21. The highest BCUT2D eigenvalue weighted by Gasteiger charge is 2.06. The average molecular weight is 346 g/mol. The van der Waals surface area contributed by atoms with Gasteiger partial charge in [-0.25, -0.2) is 4.79 Å². The lowest BCUT2D eigenvalue weighted by Crippen LogP contribution is -2.37. The fourth-order valence-corrected chi connectivity index (χ4v) is 3.36. The van der Waals surface area contributed by atoms with Gasteiger partial charge < -0.3 is 20.6 Å². The van der Waals surface area contributed by atoms with Crippen LogP contribution in [0.5, 0.6) is 0 Å². The van der Waals surface area contributed by atoms with E-state index in [2.05, 4.69) is 44.9 Å². The monoisotopic (exact) mass is 346 g/mol. The predicted molar refractivity (Wildman–Crippen MR) is 105 cm³/mol. The summed E-state index contributed by atoms with van der Waals surface area (Å²) >= 11 is 0. The first-order valence-electron chi connectivity index (χ1n) is 8.93. The van der Waals surface area contributed by atoms with Crippen LogP contribution in [0.3, 0.4) is 0 Å². The van der Waals surface area contributed by atoms with Gasteiger partial charge in [0.05, 0.1) is 0 Å². The SMILES string of the molecule is O=C(NCCc1c[nH]c2ccccc12)NCCc1c[nH]c2ccccc12. The van der Waals surface area contributed by atoms with Crippen molar-refractivity contribution in [3.63, 3.8) is 0 Å². The van der Waals surface area contributed by atoms with Crippen LogP contribution in [0.25, 0.3) is 21.8 Å². The Morgan fingerprint density at radius 1 is 0.731 bits per heavy atom. The molecule has 0 aliphatic carbocycles. The Bertz CT molecular complexity index is 949. The number of rotatable bonds is 6. The minimum Gasteiger partial charge on any atom is -0.361 e. The van der Waals surface area contributed by atoms with Gasteiger partial charge >= 0.3 is 6.03 Å². The van der Waals surface area contributed by atoms with Gasteiger partial charge in [-0.3, -0.25) is 0 Å². The first-order chi connectivity index (χ1) is 12.8. The van der Waals surface area contributed by atoms with Crippen LogP contribution in [-0.2, 0) is 12.8 Å². The summed E-state index contributed by atoms with van der Waals surface area (Å²) in [4.78, 5) is 18.5. The second kappa shape index (κ2) is 7.35. The third-order valence-electron chi connectivity index (χ3n) is 4.71. The third-order valence-corrected chi connectivity index (χ3v) is 4.71. The lowest BCUT2D eigenvalue weighted by Gasteiger charge is -2.07. The zero-order valence-corrected chi connectivity index (χ0v) is 14.5. The van der Waals surface area contributed by atoms with E-state index in [1.165, 1.54) is 21.9 Å². The largest absolute Gasteiger partial charge is 0.361 e. The molecule has 0 fully saturated rings. The van der Waals surface area contributed by atoms with Gasteiger partial charge in [-0.1, -0.05) is 36.4 Å². The van der Waals surface area contributed by atoms with Crippen LogP contribution >= 0.6 is 0 Å². The molecule has 2 amide bonds. The lowest BCUT2D eigenvalue weighted by molar-refractivity contribution is 0.241. The van der Waals surface area contributed by atoms with Crippen molar-refractivity contribution in [2.24, 2.45) is 0 Å². The van der Waals surface area contributed by atoms with Crippen LogP contribution in [-0.4, -0.2) is 29.1 Å². The van der Waals surface area contributed by atoms with Gasteiger partial charge in [0.1, 0.15) is 0 Å². The van der Waals surface area contributed by atoms with E-state index in [0.717, 1.165) is 23.9 Å². The Morgan fingerprint density at radius 3 is 1.69 bits per heavy atom. The van der Waals surface area contributed by atoms with Crippen molar-refractivity contribution in [1.29, 1.82) is 0 Å². The van der Waals surface area contributed by atoms with Gasteiger partial charge in [0.25, 0.3) is 0 Å². The average Bonchev–Trinajstić information content (AvgIpc) is 3.27. The topological polar surface area (TPSA) is 72.7 Å². The molecular formula is C21H22N4O. The van der Waals surface area contributed by atoms with Crippen molar-refractivity contribution in [2.45, 2.75) is 12.8 Å². The Kier molecular flexibility index (Phi) is 4.60. The maximum absolute atomic E-state index is 12.0. The molecule has 2 heterocycles. The van der Waals surface area contributed by atoms with Crippen LogP contribution in [0.2, 0.25) is 0 Å². The molecule has 0 saturated heterocycles. The number of urea groups is 1. The zero-order valence-electron chi connectivity index (χ0n) is 14.5. The number of H-pyrrole nitrogens is 2. The summed E-state index contributed by atoms with van der Waals surface area (Å²) in [5.74, 6) is 0. The number of benzene rings is 2. The Balaban J connectivity index is 1.23. The quantitative estimate of drug-likeness (QED) is 0.422. The smallest absolute Gasteiger partial charge is 0.314 e. The van der Waals surface area contributed by atoms with E-state index in [-0.39, 0.29) is 6.03 Å². The molecule has 0 bridgehead atoms. The maximum atomic E-state index is 12.0. The van der Waals surface area contributed by atoms with E-state index in [4.69, 9.17) is 0 Å². The Labute approximate surface area is 151 Å². The molecule has 0 aliphatic rings. The van der Waals surface area contributed by atoms with Crippen molar-refractivity contribution < 1.29 is 4.79 Å². The lowest BCUT2D eigenvalue weighted by atomic mass is 10.1. The number of para-hydroxylation sites is 2. The molecule has 0 saturated carbocycles. The summed E-state index contributed by atoms with van der Waals surface area (Å²) in [7, 11) is 0. The molecule has 0 atom stereocenters. The summed E-state index contributed by atoms with van der Waals surface area (Å²) in [5, 5.41) is 8.30. The molecular weight excluding hydrogens is 324 g/mol. The number of amides is 2. The molecule has 5 nitrogen and oxygen atoms in total. The molecule has 0 unspecified atom stereocenters. The highest BCUT2D eigenvalue weighted by Crippen LogP contribution is 2.18. The number of carbonyl (C=O) groups excluding carboxylic acids is 1. The minimum absolute atomic E-state index is 0.121. The van der Waals surface area contributed by atoms with Gasteiger partial charge in [-0.2, -0.15) is 0 Å². The normalized spacial score (nSPS) is 11.1. The molecule has 4 rings (SSSR count). The fourth-order valence-electron chi connectivity index (χ4n) is 3.36. The molecule has 5 heteroatoms. The summed E-state index contributed by atoms with van der Waals surface area (Å²) in [5.41, 5.74) is 4.70. The fraction of sp³-hybridized carbons (Fsp3) is 0.190. The summed E-state index contributed by atoms with van der Waals surface area (Å²) in [6.07, 6.45) is 5.64. The van der Waals surface area contributed by atoms with E-state index >= 15 is 0 Å². The van der Waals surface area contributed by atoms with E-state index in [9.17, 15) is 4.79 Å². The van der Waals surface area contributed by atoms with E-state index in [1.807, 2.05) is 36.7 Å². The number of fused-ring (bicyclic) bond motifs is 2.